The Morgan fingerprint density at radius 1 is 1.26 bits per heavy atom. The summed E-state index contributed by atoms with van der Waals surface area (Å²) < 4.78 is 0. The van der Waals surface area contributed by atoms with Crippen molar-refractivity contribution in [2.24, 2.45) is 5.41 Å². The third-order valence-corrected chi connectivity index (χ3v) is 5.84. The molecule has 2 saturated heterocycles. The van der Waals surface area contributed by atoms with Crippen molar-refractivity contribution in [1.82, 2.24) is 19.7 Å². The van der Waals surface area contributed by atoms with Gasteiger partial charge in [0.05, 0.1) is 12.2 Å². The van der Waals surface area contributed by atoms with E-state index in [0.717, 1.165) is 57.6 Å². The summed E-state index contributed by atoms with van der Waals surface area (Å²) in [6.07, 6.45) is 6.89. The van der Waals surface area contributed by atoms with Crippen LogP contribution >= 0.6 is 0 Å². The van der Waals surface area contributed by atoms with Gasteiger partial charge in [-0.1, -0.05) is 6.07 Å². The minimum atomic E-state index is 0.0537. The zero-order valence-electron chi connectivity index (χ0n) is 16.7. The lowest BCUT2D eigenvalue weighted by molar-refractivity contribution is -0.143. The van der Waals surface area contributed by atoms with Gasteiger partial charge in [0.25, 0.3) is 0 Å². The standard InChI is InChI=1S/C21H32N4O2/c1-23(2)13-5-8-19(26)24-14-6-10-21(16-24)11-9-20(27)25(17-21)15-18-7-3-4-12-22-18/h3-4,7,12H,5-6,8-11,13-17H2,1-2H3/t21-/m1/s1. The molecule has 0 N–H and O–H groups in total. The highest BCUT2D eigenvalue weighted by atomic mass is 16.2. The molecule has 1 atom stereocenters. The smallest absolute Gasteiger partial charge is 0.222 e. The Morgan fingerprint density at radius 2 is 2.11 bits per heavy atom. The Labute approximate surface area is 162 Å². The summed E-state index contributed by atoms with van der Waals surface area (Å²) in [7, 11) is 4.07. The van der Waals surface area contributed by atoms with Crippen LogP contribution in [0, 0.1) is 5.41 Å². The van der Waals surface area contributed by atoms with Crippen molar-refractivity contribution in [3.05, 3.63) is 30.1 Å². The van der Waals surface area contributed by atoms with Crippen molar-refractivity contribution < 1.29 is 9.59 Å². The average molecular weight is 373 g/mol. The Morgan fingerprint density at radius 3 is 2.85 bits per heavy atom. The molecule has 148 valence electrons. The summed E-state index contributed by atoms with van der Waals surface area (Å²) in [4.78, 5) is 35.6. The Kier molecular flexibility index (Phi) is 6.47. The number of amides is 2. The molecule has 27 heavy (non-hydrogen) atoms. The molecule has 1 aromatic rings. The zero-order chi connectivity index (χ0) is 19.3. The van der Waals surface area contributed by atoms with Crippen molar-refractivity contribution in [2.75, 3.05) is 40.3 Å². The van der Waals surface area contributed by atoms with Gasteiger partial charge in [-0.15, -0.1) is 0 Å². The second kappa shape index (κ2) is 8.83. The van der Waals surface area contributed by atoms with Crippen molar-refractivity contribution in [3.63, 3.8) is 0 Å². The lowest BCUT2D eigenvalue weighted by Crippen LogP contribution is -2.54. The molecule has 2 aliphatic rings. The van der Waals surface area contributed by atoms with E-state index in [4.69, 9.17) is 0 Å². The number of carbonyl (C=O) groups is 2. The minimum absolute atomic E-state index is 0.0537. The molecular formula is C21H32N4O2. The largest absolute Gasteiger partial charge is 0.342 e. The first-order valence-corrected chi connectivity index (χ1v) is 10.1. The lowest BCUT2D eigenvalue weighted by Gasteiger charge is -2.48. The molecule has 0 unspecified atom stereocenters. The second-order valence-corrected chi connectivity index (χ2v) is 8.40. The number of piperidine rings is 2. The van der Waals surface area contributed by atoms with Crippen LogP contribution in [0.3, 0.4) is 0 Å². The molecule has 3 rings (SSSR count). The van der Waals surface area contributed by atoms with Crippen LogP contribution < -0.4 is 0 Å². The summed E-state index contributed by atoms with van der Waals surface area (Å²) in [5.74, 6) is 0.477. The number of pyridine rings is 1. The third kappa shape index (κ3) is 5.28. The van der Waals surface area contributed by atoms with Gasteiger partial charge in [0.15, 0.2) is 0 Å². The fraction of sp³-hybridized carbons (Fsp3) is 0.667. The van der Waals surface area contributed by atoms with Gasteiger partial charge in [-0.05, 0) is 58.5 Å². The predicted octanol–water partition coefficient (Wildman–Crippen LogP) is 2.15. The maximum absolute atomic E-state index is 12.7. The number of rotatable bonds is 6. The number of likely N-dealkylation sites (tertiary alicyclic amines) is 2. The Hall–Kier alpha value is -1.95. The van der Waals surface area contributed by atoms with Gasteiger partial charge >= 0.3 is 0 Å². The molecule has 0 aromatic carbocycles. The van der Waals surface area contributed by atoms with Gasteiger partial charge in [-0.3, -0.25) is 14.6 Å². The summed E-state index contributed by atoms with van der Waals surface area (Å²) in [6, 6.07) is 5.82. The van der Waals surface area contributed by atoms with Crippen molar-refractivity contribution in [3.8, 4) is 0 Å². The second-order valence-electron chi connectivity index (χ2n) is 8.40. The minimum Gasteiger partial charge on any atom is -0.342 e. The van der Waals surface area contributed by atoms with E-state index >= 15 is 0 Å². The Bertz CT molecular complexity index is 649. The molecule has 2 fully saturated rings. The average Bonchev–Trinajstić information content (AvgIpc) is 2.65. The highest BCUT2D eigenvalue weighted by Crippen LogP contribution is 2.39. The first-order valence-electron chi connectivity index (χ1n) is 10.1. The summed E-state index contributed by atoms with van der Waals surface area (Å²) in [5, 5.41) is 0. The van der Waals surface area contributed by atoms with E-state index in [2.05, 4.69) is 9.88 Å². The van der Waals surface area contributed by atoms with Crippen molar-refractivity contribution >= 4 is 11.8 Å². The van der Waals surface area contributed by atoms with Crippen LogP contribution in [0.2, 0.25) is 0 Å². The molecule has 3 heterocycles. The first-order chi connectivity index (χ1) is 13.0. The molecule has 0 saturated carbocycles. The molecule has 6 nitrogen and oxygen atoms in total. The molecule has 0 radical (unpaired) electrons. The van der Waals surface area contributed by atoms with Crippen LogP contribution in [-0.2, 0) is 16.1 Å². The van der Waals surface area contributed by atoms with Crippen LogP contribution in [0.1, 0.15) is 44.2 Å². The maximum atomic E-state index is 12.7. The topological polar surface area (TPSA) is 56.8 Å². The van der Waals surface area contributed by atoms with Crippen LogP contribution in [0.25, 0.3) is 0 Å². The molecule has 1 aromatic heterocycles. The SMILES string of the molecule is CN(C)CCCC(=O)N1CCC[C@@]2(CCC(=O)N(Cc3ccccn3)C2)C1. The van der Waals surface area contributed by atoms with E-state index in [0.29, 0.717) is 19.4 Å². The number of aromatic nitrogens is 1. The molecule has 1 spiro atoms. The highest BCUT2D eigenvalue weighted by molar-refractivity contribution is 5.78. The first kappa shape index (κ1) is 19.8. The molecule has 0 aliphatic carbocycles. The molecule has 2 aliphatic heterocycles. The predicted molar refractivity (Wildman–Crippen MR) is 105 cm³/mol. The van der Waals surface area contributed by atoms with Gasteiger partial charge in [0.1, 0.15) is 0 Å². The van der Waals surface area contributed by atoms with Crippen molar-refractivity contribution in [2.45, 2.75) is 45.1 Å². The molecule has 6 heteroatoms. The van der Waals surface area contributed by atoms with Crippen molar-refractivity contribution in [1.29, 1.82) is 0 Å². The van der Waals surface area contributed by atoms with Gasteiger partial charge in [-0.25, -0.2) is 0 Å². The highest BCUT2D eigenvalue weighted by Gasteiger charge is 2.42. The van der Waals surface area contributed by atoms with Gasteiger partial charge < -0.3 is 14.7 Å². The third-order valence-electron chi connectivity index (χ3n) is 5.84. The zero-order valence-corrected chi connectivity index (χ0v) is 16.7. The number of hydrogen-bond donors (Lipinski definition) is 0. The van der Waals surface area contributed by atoms with E-state index in [1.807, 2.05) is 42.1 Å². The van der Waals surface area contributed by atoms with Crippen LogP contribution in [-0.4, -0.2) is 71.8 Å². The van der Waals surface area contributed by atoms with E-state index in [9.17, 15) is 9.59 Å². The van der Waals surface area contributed by atoms with Gasteiger partial charge in [-0.2, -0.15) is 0 Å². The number of nitrogens with zero attached hydrogens (tertiary/aromatic N) is 4. The summed E-state index contributed by atoms with van der Waals surface area (Å²) in [6.45, 7) is 3.90. The molecule has 2 amide bonds. The van der Waals surface area contributed by atoms with E-state index in [1.165, 1.54) is 0 Å². The van der Waals surface area contributed by atoms with Gasteiger partial charge in [0.2, 0.25) is 11.8 Å². The van der Waals surface area contributed by atoms with E-state index < -0.39 is 0 Å². The monoisotopic (exact) mass is 372 g/mol. The summed E-state index contributed by atoms with van der Waals surface area (Å²) in [5.41, 5.74) is 0.980. The van der Waals surface area contributed by atoms with Crippen LogP contribution in [0.15, 0.2) is 24.4 Å². The Balaban J connectivity index is 1.60. The normalized spacial score (nSPS) is 23.3. The number of hydrogen-bond acceptors (Lipinski definition) is 4. The summed E-state index contributed by atoms with van der Waals surface area (Å²) >= 11 is 0. The number of carbonyl (C=O) groups excluding carboxylic acids is 2. The maximum Gasteiger partial charge on any atom is 0.222 e. The molecule has 0 bridgehead atoms. The van der Waals surface area contributed by atoms with E-state index in [1.54, 1.807) is 6.20 Å². The quantitative estimate of drug-likeness (QED) is 0.768. The van der Waals surface area contributed by atoms with Crippen LogP contribution in [0.5, 0.6) is 0 Å². The molecular weight excluding hydrogens is 340 g/mol. The van der Waals surface area contributed by atoms with Gasteiger partial charge in [0, 0.05) is 44.1 Å². The fourth-order valence-electron chi connectivity index (χ4n) is 4.39. The van der Waals surface area contributed by atoms with Crippen LogP contribution in [0.4, 0.5) is 0 Å². The van der Waals surface area contributed by atoms with E-state index in [-0.39, 0.29) is 17.2 Å². The lowest BCUT2D eigenvalue weighted by atomic mass is 9.73. The fourth-order valence-corrected chi connectivity index (χ4v) is 4.39.